The zero-order chi connectivity index (χ0) is 21.2. The van der Waals surface area contributed by atoms with Crippen molar-refractivity contribution in [3.8, 4) is 17.2 Å². The van der Waals surface area contributed by atoms with Crippen molar-refractivity contribution in [3.63, 3.8) is 0 Å². The minimum absolute atomic E-state index is 0.228. The van der Waals surface area contributed by atoms with E-state index in [-0.39, 0.29) is 12.5 Å². The second-order valence-electron chi connectivity index (χ2n) is 5.56. The molecule has 0 aromatic heterocycles. The lowest BCUT2D eigenvalue weighted by atomic mass is 10.2. The van der Waals surface area contributed by atoms with Crippen LogP contribution in [0.2, 0.25) is 0 Å². The van der Waals surface area contributed by atoms with Gasteiger partial charge in [-0.05, 0) is 71.5 Å². The van der Waals surface area contributed by atoms with Gasteiger partial charge in [-0.25, -0.2) is 10.2 Å². The van der Waals surface area contributed by atoms with E-state index in [1.807, 2.05) is 6.92 Å². The highest BCUT2D eigenvalue weighted by molar-refractivity contribution is 14.1. The Hall–Kier alpha value is -2.82. The van der Waals surface area contributed by atoms with Crippen molar-refractivity contribution in [1.82, 2.24) is 5.43 Å². The number of hydrazone groups is 1. The molecule has 0 aliphatic heterocycles. The number of carbonyl (C=O) groups excluding carboxylic acids is 2. The molecule has 0 bridgehead atoms. The summed E-state index contributed by atoms with van der Waals surface area (Å²) in [7, 11) is 2.78. The van der Waals surface area contributed by atoms with Crippen LogP contribution in [-0.2, 0) is 9.53 Å². The van der Waals surface area contributed by atoms with Crippen molar-refractivity contribution < 1.29 is 28.5 Å². The molecule has 0 aliphatic carbocycles. The van der Waals surface area contributed by atoms with Crippen LogP contribution in [0.5, 0.6) is 17.2 Å². The molecule has 2 rings (SSSR count). The lowest BCUT2D eigenvalue weighted by Gasteiger charge is -2.12. The maximum atomic E-state index is 12.2. The van der Waals surface area contributed by atoms with E-state index in [0.29, 0.717) is 38.6 Å². The van der Waals surface area contributed by atoms with Crippen LogP contribution in [0.15, 0.2) is 41.5 Å². The fourth-order valence-electron chi connectivity index (χ4n) is 2.24. The highest BCUT2D eigenvalue weighted by atomic mass is 127. The van der Waals surface area contributed by atoms with Gasteiger partial charge in [-0.3, -0.25) is 4.79 Å². The van der Waals surface area contributed by atoms with Crippen LogP contribution in [-0.4, -0.2) is 45.5 Å². The zero-order valence-corrected chi connectivity index (χ0v) is 18.4. The third-order valence-electron chi connectivity index (χ3n) is 3.62. The molecule has 0 saturated heterocycles. The van der Waals surface area contributed by atoms with Gasteiger partial charge in [0.1, 0.15) is 5.75 Å². The molecule has 1 amide bonds. The van der Waals surface area contributed by atoms with Crippen LogP contribution in [0, 0.1) is 3.57 Å². The standard InChI is InChI=1S/C20H21IN2O6/c1-4-28-15-7-5-14(6-8-15)20(25)23-22-11-13-9-16(21)19(17(10-13)26-2)29-12-18(24)27-3/h5-11H,4,12H2,1-3H3,(H,23,25)/b22-11-. The second kappa shape index (κ2) is 11.2. The van der Waals surface area contributed by atoms with Crippen molar-refractivity contribution in [1.29, 1.82) is 0 Å². The summed E-state index contributed by atoms with van der Waals surface area (Å²) in [4.78, 5) is 23.4. The quantitative estimate of drug-likeness (QED) is 0.240. The summed E-state index contributed by atoms with van der Waals surface area (Å²) in [5.74, 6) is 0.715. The molecular formula is C20H21IN2O6. The molecule has 0 spiro atoms. The number of hydrogen-bond donors (Lipinski definition) is 1. The molecule has 0 aliphatic rings. The molecule has 0 heterocycles. The van der Waals surface area contributed by atoms with E-state index in [0.717, 1.165) is 0 Å². The Balaban J connectivity index is 2.04. The van der Waals surface area contributed by atoms with Crippen LogP contribution in [0.4, 0.5) is 0 Å². The summed E-state index contributed by atoms with van der Waals surface area (Å²) in [6.07, 6.45) is 1.49. The maximum Gasteiger partial charge on any atom is 0.343 e. The zero-order valence-electron chi connectivity index (χ0n) is 16.2. The summed E-state index contributed by atoms with van der Waals surface area (Å²) >= 11 is 2.06. The van der Waals surface area contributed by atoms with E-state index in [9.17, 15) is 9.59 Å². The van der Waals surface area contributed by atoms with Gasteiger partial charge in [0.2, 0.25) is 0 Å². The van der Waals surface area contributed by atoms with Crippen LogP contribution >= 0.6 is 22.6 Å². The average molecular weight is 512 g/mol. The topological polar surface area (TPSA) is 95.5 Å². The molecule has 154 valence electrons. The van der Waals surface area contributed by atoms with Crippen LogP contribution in [0.3, 0.4) is 0 Å². The highest BCUT2D eigenvalue weighted by Gasteiger charge is 2.13. The summed E-state index contributed by atoms with van der Waals surface area (Å²) in [5, 5.41) is 3.98. The molecule has 8 nitrogen and oxygen atoms in total. The molecule has 0 saturated carbocycles. The van der Waals surface area contributed by atoms with E-state index in [4.69, 9.17) is 14.2 Å². The Labute approximate surface area is 182 Å². The Bertz CT molecular complexity index is 883. The smallest absolute Gasteiger partial charge is 0.343 e. The number of amides is 1. The fourth-order valence-corrected chi connectivity index (χ4v) is 3.02. The van der Waals surface area contributed by atoms with E-state index in [2.05, 4.69) is 37.9 Å². The first-order valence-electron chi connectivity index (χ1n) is 8.61. The number of esters is 1. The van der Waals surface area contributed by atoms with Gasteiger partial charge in [0.05, 0.1) is 30.6 Å². The summed E-state index contributed by atoms with van der Waals surface area (Å²) in [6.45, 7) is 2.22. The number of methoxy groups -OCH3 is 2. The van der Waals surface area contributed by atoms with Crippen molar-refractivity contribution in [2.24, 2.45) is 5.10 Å². The predicted octanol–water partition coefficient (Wildman–Crippen LogP) is 3.01. The first-order chi connectivity index (χ1) is 14.0. The van der Waals surface area contributed by atoms with E-state index >= 15 is 0 Å². The normalized spacial score (nSPS) is 10.5. The van der Waals surface area contributed by atoms with Crippen molar-refractivity contribution in [2.75, 3.05) is 27.4 Å². The molecule has 0 fully saturated rings. The van der Waals surface area contributed by atoms with Crippen LogP contribution in [0.1, 0.15) is 22.8 Å². The van der Waals surface area contributed by atoms with Crippen LogP contribution in [0.25, 0.3) is 0 Å². The highest BCUT2D eigenvalue weighted by Crippen LogP contribution is 2.33. The Morgan fingerprint density at radius 1 is 1.14 bits per heavy atom. The SMILES string of the molecule is CCOc1ccc(C(=O)N/N=C\c2cc(I)c(OCC(=O)OC)c(OC)c2)cc1. The van der Waals surface area contributed by atoms with Gasteiger partial charge >= 0.3 is 5.97 Å². The van der Waals surface area contributed by atoms with Crippen molar-refractivity contribution in [3.05, 3.63) is 51.1 Å². The van der Waals surface area contributed by atoms with Crippen molar-refractivity contribution >= 4 is 40.7 Å². The molecule has 2 aromatic rings. The number of hydrogen-bond acceptors (Lipinski definition) is 7. The number of nitrogens with one attached hydrogen (secondary N) is 1. The van der Waals surface area contributed by atoms with E-state index < -0.39 is 5.97 Å². The van der Waals surface area contributed by atoms with Gasteiger partial charge in [-0.2, -0.15) is 5.10 Å². The maximum absolute atomic E-state index is 12.2. The molecule has 29 heavy (non-hydrogen) atoms. The molecule has 2 aromatic carbocycles. The molecule has 0 radical (unpaired) electrons. The Morgan fingerprint density at radius 3 is 2.48 bits per heavy atom. The van der Waals surface area contributed by atoms with Crippen LogP contribution < -0.4 is 19.6 Å². The Morgan fingerprint density at radius 2 is 1.86 bits per heavy atom. The first-order valence-corrected chi connectivity index (χ1v) is 9.69. The summed E-state index contributed by atoms with van der Waals surface area (Å²) < 4.78 is 21.4. The number of halogens is 1. The number of carbonyl (C=O) groups is 2. The number of benzene rings is 2. The summed E-state index contributed by atoms with van der Waals surface area (Å²) in [6, 6.07) is 10.2. The second-order valence-corrected chi connectivity index (χ2v) is 6.72. The van der Waals surface area contributed by atoms with E-state index in [1.54, 1.807) is 36.4 Å². The fraction of sp³-hybridized carbons (Fsp3) is 0.250. The van der Waals surface area contributed by atoms with Gasteiger partial charge in [0, 0.05) is 5.56 Å². The van der Waals surface area contributed by atoms with Gasteiger partial charge < -0.3 is 18.9 Å². The number of ether oxygens (including phenoxy) is 4. The largest absolute Gasteiger partial charge is 0.494 e. The van der Waals surface area contributed by atoms with Gasteiger partial charge in [0.25, 0.3) is 5.91 Å². The summed E-state index contributed by atoms with van der Waals surface area (Å²) in [5.41, 5.74) is 3.62. The molecule has 9 heteroatoms. The van der Waals surface area contributed by atoms with E-state index in [1.165, 1.54) is 20.4 Å². The molecular weight excluding hydrogens is 491 g/mol. The third-order valence-corrected chi connectivity index (χ3v) is 4.42. The number of rotatable bonds is 9. The third kappa shape index (κ3) is 6.63. The monoisotopic (exact) mass is 512 g/mol. The molecule has 0 atom stereocenters. The average Bonchev–Trinajstić information content (AvgIpc) is 2.73. The van der Waals surface area contributed by atoms with Crippen molar-refractivity contribution in [2.45, 2.75) is 6.92 Å². The lowest BCUT2D eigenvalue weighted by Crippen LogP contribution is -2.17. The lowest BCUT2D eigenvalue weighted by molar-refractivity contribution is -0.142. The van der Waals surface area contributed by atoms with Gasteiger partial charge in [-0.1, -0.05) is 0 Å². The minimum Gasteiger partial charge on any atom is -0.494 e. The predicted molar refractivity (Wildman–Crippen MR) is 116 cm³/mol. The first kappa shape index (κ1) is 22.5. The number of nitrogens with zero attached hydrogens (tertiary/aromatic N) is 1. The molecule has 1 N–H and O–H groups in total. The minimum atomic E-state index is -0.495. The Kier molecular flexibility index (Phi) is 8.71. The van der Waals surface area contributed by atoms with Gasteiger partial charge in [0.15, 0.2) is 18.1 Å². The van der Waals surface area contributed by atoms with Gasteiger partial charge in [-0.15, -0.1) is 0 Å². The molecule has 0 unspecified atom stereocenters.